The predicted molar refractivity (Wildman–Crippen MR) is 60.4 cm³/mol. The molecular formula is C6H4BrN5O2S2. The van der Waals surface area contributed by atoms with Crippen LogP contribution in [0.3, 0.4) is 0 Å². The molecule has 0 aliphatic heterocycles. The molecule has 0 fully saturated rings. The second-order valence-corrected chi connectivity index (χ2v) is 5.94. The van der Waals surface area contributed by atoms with Crippen molar-refractivity contribution in [1.82, 2.24) is 19.8 Å². The molecule has 0 aliphatic rings. The van der Waals surface area contributed by atoms with Crippen molar-refractivity contribution in [2.24, 2.45) is 0 Å². The van der Waals surface area contributed by atoms with Gasteiger partial charge in [-0.3, -0.25) is 9.71 Å². The van der Waals surface area contributed by atoms with Crippen molar-refractivity contribution in [3.8, 4) is 0 Å². The molecule has 0 amide bonds. The van der Waals surface area contributed by atoms with Crippen LogP contribution in [0.15, 0.2) is 27.8 Å². The van der Waals surface area contributed by atoms with Crippen molar-refractivity contribution >= 4 is 42.6 Å². The van der Waals surface area contributed by atoms with Crippen LogP contribution in [0, 0.1) is 0 Å². The molecule has 0 bridgehead atoms. The van der Waals surface area contributed by atoms with Gasteiger partial charge in [-0.1, -0.05) is 9.59 Å². The lowest BCUT2D eigenvalue weighted by Crippen LogP contribution is -2.13. The van der Waals surface area contributed by atoms with Crippen molar-refractivity contribution in [3.63, 3.8) is 0 Å². The monoisotopic (exact) mass is 321 g/mol. The number of anilines is 1. The highest BCUT2D eigenvalue weighted by atomic mass is 79.9. The largest absolute Gasteiger partial charge is 0.265 e. The molecule has 16 heavy (non-hydrogen) atoms. The van der Waals surface area contributed by atoms with E-state index in [0.717, 1.165) is 11.5 Å². The van der Waals surface area contributed by atoms with E-state index in [9.17, 15) is 8.42 Å². The summed E-state index contributed by atoms with van der Waals surface area (Å²) in [7, 11) is -3.68. The molecule has 0 atom stereocenters. The predicted octanol–water partition coefficient (Wildman–Crippen LogP) is 0.891. The van der Waals surface area contributed by atoms with Crippen LogP contribution < -0.4 is 4.72 Å². The zero-order chi connectivity index (χ0) is 11.6. The maximum Gasteiger partial charge on any atom is 0.265 e. The van der Waals surface area contributed by atoms with E-state index in [-0.39, 0.29) is 10.0 Å². The highest BCUT2D eigenvalue weighted by molar-refractivity contribution is 9.10. The van der Waals surface area contributed by atoms with Gasteiger partial charge in [0.05, 0.1) is 0 Å². The molecule has 7 nitrogen and oxygen atoms in total. The summed E-state index contributed by atoms with van der Waals surface area (Å²) in [5.41, 5.74) is 0. The van der Waals surface area contributed by atoms with E-state index in [2.05, 4.69) is 40.4 Å². The first-order chi connectivity index (χ1) is 7.58. The molecule has 2 rings (SSSR count). The summed E-state index contributed by atoms with van der Waals surface area (Å²) in [6.45, 7) is 0. The Morgan fingerprint density at radius 3 is 2.81 bits per heavy atom. The Hall–Kier alpha value is -1.13. The number of hydrogen-bond acceptors (Lipinski definition) is 7. The van der Waals surface area contributed by atoms with Crippen LogP contribution in [0.1, 0.15) is 0 Å². The summed E-state index contributed by atoms with van der Waals surface area (Å²) in [6, 6.07) is 1.43. The summed E-state index contributed by atoms with van der Waals surface area (Å²) in [5, 5.41) is 6.88. The van der Waals surface area contributed by atoms with Crippen molar-refractivity contribution in [3.05, 3.63) is 22.9 Å². The van der Waals surface area contributed by atoms with Gasteiger partial charge in [-0.2, -0.15) is 0 Å². The van der Waals surface area contributed by atoms with Gasteiger partial charge in [-0.15, -0.1) is 0 Å². The van der Waals surface area contributed by atoms with Crippen LogP contribution >= 0.6 is 27.5 Å². The molecule has 84 valence electrons. The van der Waals surface area contributed by atoms with Gasteiger partial charge in [0, 0.05) is 28.4 Å². The Morgan fingerprint density at radius 2 is 2.19 bits per heavy atom. The topological polar surface area (TPSA) is 97.7 Å². The zero-order valence-electron chi connectivity index (χ0n) is 7.53. The fraction of sp³-hybridized carbons (Fsp3) is 0. The number of halogens is 1. The van der Waals surface area contributed by atoms with Gasteiger partial charge >= 0.3 is 0 Å². The third-order valence-corrected chi connectivity index (χ3v) is 3.89. The van der Waals surface area contributed by atoms with Gasteiger partial charge in [0.15, 0.2) is 0 Å². The molecule has 0 radical (unpaired) electrons. The van der Waals surface area contributed by atoms with Crippen molar-refractivity contribution in [2.45, 2.75) is 4.90 Å². The smallest absolute Gasteiger partial charge is 0.262 e. The first-order valence-electron chi connectivity index (χ1n) is 3.86. The van der Waals surface area contributed by atoms with Gasteiger partial charge in [0.25, 0.3) is 10.0 Å². The summed E-state index contributed by atoms with van der Waals surface area (Å²) >= 11 is 3.99. The second kappa shape index (κ2) is 4.39. The van der Waals surface area contributed by atoms with E-state index in [1.165, 1.54) is 18.5 Å². The third-order valence-electron chi connectivity index (χ3n) is 1.51. The minimum atomic E-state index is -3.68. The van der Waals surface area contributed by atoms with Gasteiger partial charge in [0.2, 0.25) is 5.13 Å². The Labute approximate surface area is 103 Å². The third kappa shape index (κ3) is 2.51. The minimum Gasteiger partial charge on any atom is -0.262 e. The molecule has 1 N–H and O–H groups in total. The van der Waals surface area contributed by atoms with Crippen LogP contribution in [-0.4, -0.2) is 28.2 Å². The maximum atomic E-state index is 11.8. The summed E-state index contributed by atoms with van der Waals surface area (Å²) in [4.78, 5) is 3.80. The Kier molecular flexibility index (Phi) is 3.12. The van der Waals surface area contributed by atoms with E-state index < -0.39 is 10.0 Å². The van der Waals surface area contributed by atoms with Crippen molar-refractivity contribution in [2.75, 3.05) is 4.72 Å². The number of aromatic nitrogens is 4. The number of hydrogen-bond donors (Lipinski definition) is 1. The average Bonchev–Trinajstić information content (AvgIpc) is 2.70. The van der Waals surface area contributed by atoms with E-state index in [1.54, 1.807) is 0 Å². The van der Waals surface area contributed by atoms with Crippen molar-refractivity contribution in [1.29, 1.82) is 0 Å². The minimum absolute atomic E-state index is 0.0390. The van der Waals surface area contributed by atoms with Gasteiger partial charge in [-0.25, -0.2) is 8.42 Å². The zero-order valence-corrected chi connectivity index (χ0v) is 10.8. The lowest BCUT2D eigenvalue weighted by molar-refractivity contribution is 0.600. The van der Waals surface area contributed by atoms with Crippen LogP contribution in [0.5, 0.6) is 0 Å². The lowest BCUT2D eigenvalue weighted by atomic mass is 10.5. The number of rotatable bonds is 3. The maximum absolute atomic E-state index is 11.8. The Bertz CT molecular complexity index is 585. The van der Waals surface area contributed by atoms with Gasteiger partial charge in [0.1, 0.15) is 4.90 Å². The molecule has 0 unspecified atom stereocenters. The molecule has 10 heteroatoms. The van der Waals surface area contributed by atoms with E-state index in [4.69, 9.17) is 0 Å². The number of nitrogens with one attached hydrogen (secondary N) is 1. The first kappa shape index (κ1) is 11.4. The van der Waals surface area contributed by atoms with Crippen LogP contribution in [0.25, 0.3) is 0 Å². The summed E-state index contributed by atoms with van der Waals surface area (Å²) < 4.78 is 29.8. The molecule has 0 aromatic carbocycles. The summed E-state index contributed by atoms with van der Waals surface area (Å²) in [5.74, 6) is 0. The van der Waals surface area contributed by atoms with Crippen LogP contribution in [0.2, 0.25) is 0 Å². The molecule has 2 aromatic rings. The van der Waals surface area contributed by atoms with E-state index >= 15 is 0 Å². The molecule has 0 aliphatic carbocycles. The van der Waals surface area contributed by atoms with Gasteiger partial charge < -0.3 is 0 Å². The van der Waals surface area contributed by atoms with E-state index in [1.807, 2.05) is 0 Å². The molecule has 0 spiro atoms. The fourth-order valence-electron chi connectivity index (χ4n) is 0.886. The normalized spacial score (nSPS) is 11.3. The summed E-state index contributed by atoms with van der Waals surface area (Å²) in [6.07, 6.45) is 2.73. The van der Waals surface area contributed by atoms with E-state index in [0.29, 0.717) is 4.47 Å². The quantitative estimate of drug-likeness (QED) is 0.901. The van der Waals surface area contributed by atoms with Crippen molar-refractivity contribution < 1.29 is 8.42 Å². The Morgan fingerprint density at radius 1 is 1.38 bits per heavy atom. The molecular weight excluding hydrogens is 318 g/mol. The second-order valence-electron chi connectivity index (χ2n) is 2.61. The molecule has 0 saturated carbocycles. The molecule has 2 aromatic heterocycles. The van der Waals surface area contributed by atoms with Gasteiger partial charge in [-0.05, 0) is 27.2 Å². The standard InChI is InChI=1S/C6H4BrN5O2S2/c7-4-1-5(3-8-2-4)16(13,14)10-6-9-11-12-15-6/h1-3H,(H,9,10,12). The van der Waals surface area contributed by atoms with Crippen LogP contribution in [0.4, 0.5) is 5.13 Å². The highest BCUT2D eigenvalue weighted by Gasteiger charge is 2.16. The average molecular weight is 322 g/mol. The lowest BCUT2D eigenvalue weighted by Gasteiger charge is -2.03. The molecule has 0 saturated heterocycles. The first-order valence-corrected chi connectivity index (χ1v) is 6.91. The van der Waals surface area contributed by atoms with Crippen LogP contribution in [-0.2, 0) is 10.0 Å². The number of pyridine rings is 1. The fourth-order valence-corrected chi connectivity index (χ4v) is 2.97. The molecule has 2 heterocycles. The SMILES string of the molecule is O=S(=O)(Nc1nnns1)c1cncc(Br)c1. The number of nitrogens with zero attached hydrogens (tertiary/aromatic N) is 4. The number of sulfonamides is 1. The Balaban J connectivity index is 2.33. The highest BCUT2D eigenvalue weighted by Crippen LogP contribution is 2.17.